The molecule has 0 unspecified atom stereocenters. The van der Waals surface area contributed by atoms with Gasteiger partial charge >= 0.3 is 6.09 Å². The summed E-state index contributed by atoms with van der Waals surface area (Å²) in [7, 11) is 0. The number of halogens is 1. The van der Waals surface area contributed by atoms with Gasteiger partial charge in [0.25, 0.3) is 0 Å². The molecule has 1 aromatic rings. The zero-order valence-electron chi connectivity index (χ0n) is 15.4. The van der Waals surface area contributed by atoms with E-state index in [0.29, 0.717) is 37.5 Å². The van der Waals surface area contributed by atoms with Crippen LogP contribution in [-0.4, -0.2) is 35.6 Å². The Labute approximate surface area is 154 Å². The van der Waals surface area contributed by atoms with E-state index in [-0.39, 0.29) is 12.0 Å². The molecule has 2 rings (SSSR count). The van der Waals surface area contributed by atoms with Crippen LogP contribution < -0.4 is 5.32 Å². The maximum atomic E-state index is 12.6. The van der Waals surface area contributed by atoms with E-state index in [9.17, 15) is 9.59 Å². The first kappa shape index (κ1) is 19.6. The first-order chi connectivity index (χ1) is 11.6. The standard InChI is InChI=1S/C19H27ClN2O3/c1-18(2,3)25-17(24)22-11-9-19(4,10-12-22)16(23)21-13-14-5-7-15(20)8-6-14/h5-8H,9-13H2,1-4H3,(H,21,23). The number of ether oxygens (including phenoxy) is 1. The highest BCUT2D eigenvalue weighted by Gasteiger charge is 2.38. The summed E-state index contributed by atoms with van der Waals surface area (Å²) in [6, 6.07) is 7.42. The highest BCUT2D eigenvalue weighted by molar-refractivity contribution is 6.30. The number of hydrogen-bond acceptors (Lipinski definition) is 3. The third kappa shape index (κ3) is 5.63. The molecule has 0 bridgehead atoms. The second-order valence-electron chi connectivity index (χ2n) is 7.84. The fraction of sp³-hybridized carbons (Fsp3) is 0.579. The number of nitrogens with zero attached hydrogens (tertiary/aromatic N) is 1. The smallest absolute Gasteiger partial charge is 0.410 e. The summed E-state index contributed by atoms with van der Waals surface area (Å²) in [5.74, 6) is 0.0197. The lowest BCUT2D eigenvalue weighted by molar-refractivity contribution is -0.133. The molecule has 0 spiro atoms. The lowest BCUT2D eigenvalue weighted by atomic mass is 9.79. The van der Waals surface area contributed by atoms with Gasteiger partial charge < -0.3 is 15.0 Å². The minimum atomic E-state index is -0.506. The monoisotopic (exact) mass is 366 g/mol. The summed E-state index contributed by atoms with van der Waals surface area (Å²) in [5.41, 5.74) is 0.0335. The van der Waals surface area contributed by atoms with Crippen LogP contribution in [0.2, 0.25) is 5.02 Å². The summed E-state index contributed by atoms with van der Waals surface area (Å²) in [6.07, 6.45) is 0.938. The van der Waals surface area contributed by atoms with Crippen LogP contribution in [0.4, 0.5) is 4.79 Å². The number of benzene rings is 1. The number of nitrogens with one attached hydrogen (secondary N) is 1. The molecule has 1 saturated heterocycles. The van der Waals surface area contributed by atoms with Crippen molar-refractivity contribution in [3.05, 3.63) is 34.9 Å². The molecule has 1 aliphatic rings. The van der Waals surface area contributed by atoms with Crippen LogP contribution >= 0.6 is 11.6 Å². The van der Waals surface area contributed by atoms with Crippen molar-refractivity contribution in [3.63, 3.8) is 0 Å². The van der Waals surface area contributed by atoms with Crippen molar-refractivity contribution in [2.45, 2.75) is 52.7 Å². The Bertz CT molecular complexity index is 615. The summed E-state index contributed by atoms with van der Waals surface area (Å²) in [5, 5.41) is 3.67. The fourth-order valence-corrected chi connectivity index (χ4v) is 2.86. The second kappa shape index (κ2) is 7.65. The molecule has 6 heteroatoms. The van der Waals surface area contributed by atoms with Gasteiger partial charge in [0.05, 0.1) is 0 Å². The normalized spacial score (nSPS) is 17.1. The van der Waals surface area contributed by atoms with E-state index in [1.54, 1.807) is 4.90 Å². The summed E-state index contributed by atoms with van der Waals surface area (Å²) < 4.78 is 5.40. The molecule has 5 nitrogen and oxygen atoms in total. The maximum Gasteiger partial charge on any atom is 0.410 e. The number of carbonyl (C=O) groups excluding carboxylic acids is 2. The van der Waals surface area contributed by atoms with Crippen molar-refractivity contribution in [1.82, 2.24) is 10.2 Å². The molecule has 0 aromatic heterocycles. The molecule has 0 saturated carbocycles. The largest absolute Gasteiger partial charge is 0.444 e. The summed E-state index contributed by atoms with van der Waals surface area (Å²) in [4.78, 5) is 26.4. The minimum Gasteiger partial charge on any atom is -0.444 e. The second-order valence-corrected chi connectivity index (χ2v) is 8.27. The van der Waals surface area contributed by atoms with Crippen molar-refractivity contribution >= 4 is 23.6 Å². The lowest BCUT2D eigenvalue weighted by Crippen LogP contribution is -2.49. The van der Waals surface area contributed by atoms with Crippen molar-refractivity contribution in [2.75, 3.05) is 13.1 Å². The van der Waals surface area contributed by atoms with Gasteiger partial charge in [-0.05, 0) is 51.3 Å². The van der Waals surface area contributed by atoms with E-state index in [2.05, 4.69) is 5.32 Å². The number of piperidine rings is 1. The van der Waals surface area contributed by atoms with E-state index in [1.807, 2.05) is 52.0 Å². The van der Waals surface area contributed by atoms with E-state index >= 15 is 0 Å². The predicted molar refractivity (Wildman–Crippen MR) is 98.4 cm³/mol. The van der Waals surface area contributed by atoms with Crippen molar-refractivity contribution < 1.29 is 14.3 Å². The highest BCUT2D eigenvalue weighted by atomic mass is 35.5. The highest BCUT2D eigenvalue weighted by Crippen LogP contribution is 2.31. The fourth-order valence-electron chi connectivity index (χ4n) is 2.73. The van der Waals surface area contributed by atoms with Gasteiger partial charge in [-0.2, -0.15) is 0 Å². The lowest BCUT2D eigenvalue weighted by Gasteiger charge is -2.38. The quantitative estimate of drug-likeness (QED) is 0.879. The zero-order valence-corrected chi connectivity index (χ0v) is 16.2. The molecule has 2 amide bonds. The molecule has 1 N–H and O–H groups in total. The molecule has 0 aliphatic carbocycles. The van der Waals surface area contributed by atoms with Crippen LogP contribution in [0, 0.1) is 5.41 Å². The molecule has 1 heterocycles. The molecule has 1 aliphatic heterocycles. The van der Waals surface area contributed by atoms with Crippen LogP contribution in [0.25, 0.3) is 0 Å². The predicted octanol–water partition coefficient (Wildman–Crippen LogP) is 3.99. The number of likely N-dealkylation sites (tertiary alicyclic amines) is 1. The van der Waals surface area contributed by atoms with Crippen LogP contribution in [0.3, 0.4) is 0 Å². The van der Waals surface area contributed by atoms with Gasteiger partial charge in [-0.1, -0.05) is 30.7 Å². The van der Waals surface area contributed by atoms with Crippen molar-refractivity contribution in [1.29, 1.82) is 0 Å². The third-order valence-electron chi connectivity index (χ3n) is 4.43. The van der Waals surface area contributed by atoms with E-state index < -0.39 is 11.0 Å². The van der Waals surface area contributed by atoms with Crippen LogP contribution in [-0.2, 0) is 16.1 Å². The van der Waals surface area contributed by atoms with Crippen molar-refractivity contribution in [2.24, 2.45) is 5.41 Å². The van der Waals surface area contributed by atoms with Gasteiger partial charge in [-0.15, -0.1) is 0 Å². The topological polar surface area (TPSA) is 58.6 Å². The van der Waals surface area contributed by atoms with E-state index in [1.165, 1.54) is 0 Å². The molecular weight excluding hydrogens is 340 g/mol. The van der Waals surface area contributed by atoms with Gasteiger partial charge in [0.15, 0.2) is 0 Å². The Morgan fingerprint density at radius 1 is 1.20 bits per heavy atom. The number of rotatable bonds is 3. The summed E-state index contributed by atoms with van der Waals surface area (Å²) >= 11 is 5.87. The summed E-state index contributed by atoms with van der Waals surface area (Å²) in [6.45, 7) is 9.03. The number of hydrogen-bond donors (Lipinski definition) is 1. The third-order valence-corrected chi connectivity index (χ3v) is 4.69. The molecule has 0 atom stereocenters. The first-order valence-corrected chi connectivity index (χ1v) is 8.98. The van der Waals surface area contributed by atoms with Gasteiger partial charge in [-0.25, -0.2) is 4.79 Å². The molecule has 0 radical (unpaired) electrons. The van der Waals surface area contributed by atoms with E-state index in [0.717, 1.165) is 5.56 Å². The van der Waals surface area contributed by atoms with E-state index in [4.69, 9.17) is 16.3 Å². The minimum absolute atomic E-state index is 0.0197. The van der Waals surface area contributed by atoms with Crippen LogP contribution in [0.1, 0.15) is 46.1 Å². The molecule has 1 fully saturated rings. The first-order valence-electron chi connectivity index (χ1n) is 8.60. The van der Waals surface area contributed by atoms with Gasteiger partial charge in [0, 0.05) is 30.1 Å². The SMILES string of the molecule is CC(C)(C)OC(=O)N1CCC(C)(C(=O)NCc2ccc(Cl)cc2)CC1. The molecular formula is C19H27ClN2O3. The van der Waals surface area contributed by atoms with Crippen LogP contribution in [0.5, 0.6) is 0 Å². The zero-order chi connectivity index (χ0) is 18.7. The number of carbonyl (C=O) groups is 2. The average Bonchev–Trinajstić information content (AvgIpc) is 2.53. The molecule has 1 aromatic carbocycles. The molecule has 138 valence electrons. The number of amides is 2. The van der Waals surface area contributed by atoms with Crippen LogP contribution in [0.15, 0.2) is 24.3 Å². The molecule has 25 heavy (non-hydrogen) atoms. The average molecular weight is 367 g/mol. The van der Waals surface area contributed by atoms with Crippen molar-refractivity contribution in [3.8, 4) is 0 Å². The Hall–Kier alpha value is -1.75. The van der Waals surface area contributed by atoms with Gasteiger partial charge in [-0.3, -0.25) is 4.79 Å². The Morgan fingerprint density at radius 2 is 1.76 bits per heavy atom. The Kier molecular flexibility index (Phi) is 5.99. The Balaban J connectivity index is 1.85. The maximum absolute atomic E-state index is 12.6. The Morgan fingerprint density at radius 3 is 2.28 bits per heavy atom. The van der Waals surface area contributed by atoms with Gasteiger partial charge in [0.2, 0.25) is 5.91 Å². The van der Waals surface area contributed by atoms with Gasteiger partial charge in [0.1, 0.15) is 5.60 Å².